The third-order valence-electron chi connectivity index (χ3n) is 3.44. The number of carbonyl (C=O) groups excluding carboxylic acids is 1. The van der Waals surface area contributed by atoms with Crippen LogP contribution in [-0.4, -0.2) is 36.5 Å². The molecule has 1 aliphatic rings. The molecule has 4 nitrogen and oxygen atoms in total. The molecule has 0 aromatic heterocycles. The molecule has 3 N–H and O–H groups in total. The van der Waals surface area contributed by atoms with Crippen LogP contribution in [0.4, 0.5) is 10.1 Å². The topological polar surface area (TPSA) is 58.4 Å². The van der Waals surface area contributed by atoms with Crippen molar-refractivity contribution in [1.29, 1.82) is 0 Å². The van der Waals surface area contributed by atoms with E-state index in [1.54, 1.807) is 0 Å². The summed E-state index contributed by atoms with van der Waals surface area (Å²) < 4.78 is 13.7. The van der Waals surface area contributed by atoms with E-state index in [4.69, 9.17) is 5.73 Å². The highest BCUT2D eigenvalue weighted by Crippen LogP contribution is 2.22. The van der Waals surface area contributed by atoms with E-state index in [1.807, 2.05) is 6.92 Å². The molecule has 0 bridgehead atoms. The zero-order chi connectivity index (χ0) is 14.7. The molecule has 1 unspecified atom stereocenters. The predicted octanol–water partition coefficient (Wildman–Crippen LogP) is 2.38. The molecule has 0 spiro atoms. The summed E-state index contributed by atoms with van der Waals surface area (Å²) in [6, 6.07) is 2.62. The van der Waals surface area contributed by atoms with Crippen LogP contribution >= 0.6 is 15.9 Å². The predicted molar refractivity (Wildman–Crippen MR) is 81.1 cm³/mol. The summed E-state index contributed by atoms with van der Waals surface area (Å²) in [5.74, 6) is -0.770. The minimum Gasteiger partial charge on any atom is -0.396 e. The van der Waals surface area contributed by atoms with Crippen LogP contribution in [0.25, 0.3) is 0 Å². The average molecular weight is 344 g/mol. The van der Waals surface area contributed by atoms with E-state index in [0.717, 1.165) is 19.6 Å². The third-order valence-corrected chi connectivity index (χ3v) is 4.10. The number of benzene rings is 1. The van der Waals surface area contributed by atoms with Gasteiger partial charge in [0.25, 0.3) is 5.91 Å². The number of halogens is 2. The SMILES string of the molecule is CC(CN1CCCC1)NC(=O)c1cc(N)c(F)cc1Br. The van der Waals surface area contributed by atoms with Crippen molar-refractivity contribution < 1.29 is 9.18 Å². The minimum absolute atomic E-state index is 0.0226. The monoisotopic (exact) mass is 343 g/mol. The number of hydrogen-bond acceptors (Lipinski definition) is 3. The lowest BCUT2D eigenvalue weighted by Gasteiger charge is -2.21. The smallest absolute Gasteiger partial charge is 0.252 e. The van der Waals surface area contributed by atoms with E-state index in [0.29, 0.717) is 10.0 Å². The Hall–Kier alpha value is -1.14. The van der Waals surface area contributed by atoms with Crippen molar-refractivity contribution in [3.8, 4) is 0 Å². The van der Waals surface area contributed by atoms with Gasteiger partial charge in [-0.3, -0.25) is 4.79 Å². The number of nitrogens with zero attached hydrogens (tertiary/aromatic N) is 1. The van der Waals surface area contributed by atoms with E-state index in [9.17, 15) is 9.18 Å². The van der Waals surface area contributed by atoms with Gasteiger partial charge < -0.3 is 16.0 Å². The van der Waals surface area contributed by atoms with E-state index in [-0.39, 0.29) is 17.6 Å². The molecule has 1 saturated heterocycles. The maximum atomic E-state index is 13.3. The van der Waals surface area contributed by atoms with E-state index < -0.39 is 5.82 Å². The first-order chi connectivity index (χ1) is 9.47. The van der Waals surface area contributed by atoms with Crippen molar-refractivity contribution in [2.45, 2.75) is 25.8 Å². The van der Waals surface area contributed by atoms with Crippen LogP contribution in [0.3, 0.4) is 0 Å². The van der Waals surface area contributed by atoms with Gasteiger partial charge in [-0.05, 0) is 60.9 Å². The van der Waals surface area contributed by atoms with Crippen LogP contribution in [0, 0.1) is 5.82 Å². The minimum atomic E-state index is -0.529. The summed E-state index contributed by atoms with van der Waals surface area (Å²) in [4.78, 5) is 14.5. The van der Waals surface area contributed by atoms with Crippen LogP contribution < -0.4 is 11.1 Å². The number of hydrogen-bond donors (Lipinski definition) is 2. The summed E-state index contributed by atoms with van der Waals surface area (Å²) in [6.45, 7) is 4.98. The highest BCUT2D eigenvalue weighted by Gasteiger charge is 2.18. The quantitative estimate of drug-likeness (QED) is 0.825. The lowest BCUT2D eigenvalue weighted by atomic mass is 10.1. The summed E-state index contributed by atoms with van der Waals surface area (Å²) in [7, 11) is 0. The van der Waals surface area contributed by atoms with Crippen molar-refractivity contribution in [2.24, 2.45) is 0 Å². The number of nitrogen functional groups attached to an aromatic ring is 1. The Morgan fingerprint density at radius 1 is 1.50 bits per heavy atom. The zero-order valence-electron chi connectivity index (χ0n) is 11.5. The maximum Gasteiger partial charge on any atom is 0.252 e. The van der Waals surface area contributed by atoms with E-state index in [1.165, 1.54) is 25.0 Å². The van der Waals surface area contributed by atoms with Crippen molar-refractivity contribution in [1.82, 2.24) is 10.2 Å². The van der Waals surface area contributed by atoms with Crippen LogP contribution in [0.1, 0.15) is 30.1 Å². The molecule has 0 aliphatic carbocycles. The van der Waals surface area contributed by atoms with Crippen molar-refractivity contribution in [3.63, 3.8) is 0 Å². The lowest BCUT2D eigenvalue weighted by molar-refractivity contribution is 0.0931. The molecular weight excluding hydrogens is 325 g/mol. The summed E-state index contributed by atoms with van der Waals surface area (Å²) in [5.41, 5.74) is 5.84. The van der Waals surface area contributed by atoms with Gasteiger partial charge in [0.05, 0.1) is 11.3 Å². The number of nitrogens with one attached hydrogen (secondary N) is 1. The molecule has 0 radical (unpaired) electrons. The van der Waals surface area contributed by atoms with Crippen LogP contribution in [0.2, 0.25) is 0 Å². The number of rotatable bonds is 4. The van der Waals surface area contributed by atoms with Crippen molar-refractivity contribution in [2.75, 3.05) is 25.4 Å². The van der Waals surface area contributed by atoms with Gasteiger partial charge in [-0.25, -0.2) is 4.39 Å². The molecule has 1 heterocycles. The fourth-order valence-corrected chi connectivity index (χ4v) is 2.93. The third kappa shape index (κ3) is 3.70. The summed E-state index contributed by atoms with van der Waals surface area (Å²) >= 11 is 3.19. The average Bonchev–Trinajstić information content (AvgIpc) is 2.86. The Kier molecular flexibility index (Phi) is 4.99. The standard InChI is InChI=1S/C14H19BrFN3O/c1-9(8-19-4-2-3-5-19)18-14(20)10-6-13(17)12(16)7-11(10)15/h6-7,9H,2-5,8,17H2,1H3,(H,18,20). The second-order valence-electron chi connectivity index (χ2n) is 5.24. The Morgan fingerprint density at radius 2 is 2.15 bits per heavy atom. The summed E-state index contributed by atoms with van der Waals surface area (Å²) in [5, 5.41) is 2.92. The Balaban J connectivity index is 1.98. The molecule has 1 fully saturated rings. The number of nitrogens with two attached hydrogens (primary N) is 1. The highest BCUT2D eigenvalue weighted by molar-refractivity contribution is 9.10. The molecule has 2 rings (SSSR count). The second-order valence-corrected chi connectivity index (χ2v) is 6.09. The number of carbonyl (C=O) groups is 1. The largest absolute Gasteiger partial charge is 0.396 e. The molecular formula is C14H19BrFN3O. The van der Waals surface area contributed by atoms with Gasteiger partial charge >= 0.3 is 0 Å². The molecule has 1 atom stereocenters. The van der Waals surface area contributed by atoms with Gasteiger partial charge in [-0.15, -0.1) is 0 Å². The highest BCUT2D eigenvalue weighted by atomic mass is 79.9. The van der Waals surface area contributed by atoms with E-state index >= 15 is 0 Å². The Morgan fingerprint density at radius 3 is 2.80 bits per heavy atom. The molecule has 1 aliphatic heterocycles. The maximum absolute atomic E-state index is 13.3. The van der Waals surface area contributed by atoms with Gasteiger partial charge in [0.2, 0.25) is 0 Å². The second kappa shape index (κ2) is 6.54. The normalized spacial score (nSPS) is 17.1. The molecule has 1 aromatic rings. The van der Waals surface area contributed by atoms with Gasteiger partial charge in [0.15, 0.2) is 0 Å². The molecule has 1 amide bonds. The molecule has 0 saturated carbocycles. The first-order valence-electron chi connectivity index (χ1n) is 6.75. The number of anilines is 1. The van der Waals surface area contributed by atoms with Gasteiger partial charge in [-0.2, -0.15) is 0 Å². The van der Waals surface area contributed by atoms with Crippen LogP contribution in [-0.2, 0) is 0 Å². The fraction of sp³-hybridized carbons (Fsp3) is 0.500. The summed E-state index contributed by atoms with van der Waals surface area (Å²) in [6.07, 6.45) is 2.45. The van der Waals surface area contributed by atoms with Crippen LogP contribution in [0.5, 0.6) is 0 Å². The van der Waals surface area contributed by atoms with E-state index in [2.05, 4.69) is 26.1 Å². The zero-order valence-corrected chi connectivity index (χ0v) is 13.0. The Bertz CT molecular complexity index is 503. The van der Waals surface area contributed by atoms with Crippen molar-refractivity contribution in [3.05, 3.63) is 28.0 Å². The van der Waals surface area contributed by atoms with Crippen molar-refractivity contribution >= 4 is 27.5 Å². The first kappa shape index (κ1) is 15.3. The number of amides is 1. The molecule has 110 valence electrons. The lowest BCUT2D eigenvalue weighted by Crippen LogP contribution is -2.41. The van der Waals surface area contributed by atoms with Crippen LogP contribution in [0.15, 0.2) is 16.6 Å². The van der Waals surface area contributed by atoms with Gasteiger partial charge in [0.1, 0.15) is 5.82 Å². The Labute approximate surface area is 126 Å². The molecule has 6 heteroatoms. The molecule has 20 heavy (non-hydrogen) atoms. The first-order valence-corrected chi connectivity index (χ1v) is 7.54. The fourth-order valence-electron chi connectivity index (χ4n) is 2.44. The van der Waals surface area contributed by atoms with Gasteiger partial charge in [-0.1, -0.05) is 0 Å². The number of likely N-dealkylation sites (tertiary alicyclic amines) is 1. The van der Waals surface area contributed by atoms with Gasteiger partial charge in [0, 0.05) is 17.1 Å². The molecule has 1 aromatic carbocycles.